The minimum atomic E-state index is 0.375. The first-order chi connectivity index (χ1) is 8.79. The van der Waals surface area contributed by atoms with Crippen molar-refractivity contribution in [3.05, 3.63) is 40.5 Å². The molecule has 1 N–H and O–H groups in total. The lowest BCUT2D eigenvalue weighted by Gasteiger charge is -2.14. The third-order valence-corrected chi connectivity index (χ3v) is 5.38. The minimum Gasteiger partial charge on any atom is -0.298 e. The zero-order chi connectivity index (χ0) is 12.5. The monoisotopic (exact) mass is 322 g/mol. The molecule has 1 fully saturated rings. The summed E-state index contributed by atoms with van der Waals surface area (Å²) in [5.41, 5.74) is 2.41. The molecule has 94 valence electrons. The molecule has 1 aromatic carbocycles. The summed E-state index contributed by atoms with van der Waals surface area (Å²) in [6.45, 7) is 2.23. The van der Waals surface area contributed by atoms with Crippen LogP contribution in [0.25, 0.3) is 10.9 Å². The number of nitrogens with one attached hydrogen (secondary N) is 1. The molecule has 0 radical (unpaired) electrons. The van der Waals surface area contributed by atoms with Crippen molar-refractivity contribution in [2.75, 3.05) is 5.75 Å². The number of hydrogen-bond acceptors (Lipinski definition) is 3. The second kappa shape index (κ2) is 5.19. The molecular formula is C14H15BrN2S. The molecule has 0 bridgehead atoms. The highest BCUT2D eigenvalue weighted by molar-refractivity contribution is 9.10. The first-order valence-corrected chi connectivity index (χ1v) is 8.04. The maximum Gasteiger partial charge on any atom is 0.0813 e. The van der Waals surface area contributed by atoms with Crippen LogP contribution in [0.5, 0.6) is 0 Å². The van der Waals surface area contributed by atoms with E-state index >= 15 is 0 Å². The molecule has 0 amide bonds. The predicted molar refractivity (Wildman–Crippen MR) is 81.9 cm³/mol. The zero-order valence-electron chi connectivity index (χ0n) is 10.2. The summed E-state index contributed by atoms with van der Waals surface area (Å²) in [6, 6.07) is 9.04. The standard InChI is InChI=1S/C14H15BrN2S/c1-2-9-8-18-14(17-9)11-5-6-12(15)10-4-3-7-16-13(10)11/h3-7,9,14,17H,2,8H2,1H3. The Morgan fingerprint density at radius 3 is 3.11 bits per heavy atom. The van der Waals surface area contributed by atoms with Crippen molar-refractivity contribution in [2.45, 2.75) is 24.8 Å². The quantitative estimate of drug-likeness (QED) is 0.900. The van der Waals surface area contributed by atoms with Crippen LogP contribution in [0.3, 0.4) is 0 Å². The van der Waals surface area contributed by atoms with E-state index in [1.165, 1.54) is 23.1 Å². The summed E-state index contributed by atoms with van der Waals surface area (Å²) in [7, 11) is 0. The Morgan fingerprint density at radius 2 is 2.33 bits per heavy atom. The summed E-state index contributed by atoms with van der Waals surface area (Å²) in [5, 5.41) is 5.24. The fourth-order valence-corrected chi connectivity index (χ4v) is 4.18. The van der Waals surface area contributed by atoms with Crippen LogP contribution in [0.4, 0.5) is 0 Å². The van der Waals surface area contributed by atoms with E-state index in [9.17, 15) is 0 Å². The van der Waals surface area contributed by atoms with Gasteiger partial charge in [0, 0.05) is 33.4 Å². The topological polar surface area (TPSA) is 24.9 Å². The number of hydrogen-bond donors (Lipinski definition) is 1. The Balaban J connectivity index is 2.05. The molecule has 2 heterocycles. The number of halogens is 1. The van der Waals surface area contributed by atoms with Gasteiger partial charge in [0.25, 0.3) is 0 Å². The van der Waals surface area contributed by atoms with Crippen LogP contribution in [0, 0.1) is 0 Å². The molecule has 1 aliphatic heterocycles. The third-order valence-electron chi connectivity index (χ3n) is 3.37. The Kier molecular flexibility index (Phi) is 3.59. The van der Waals surface area contributed by atoms with E-state index in [-0.39, 0.29) is 0 Å². The van der Waals surface area contributed by atoms with E-state index < -0.39 is 0 Å². The lowest BCUT2D eigenvalue weighted by atomic mass is 10.1. The smallest absolute Gasteiger partial charge is 0.0813 e. The van der Waals surface area contributed by atoms with Gasteiger partial charge in [-0.1, -0.05) is 35.0 Å². The molecule has 1 saturated heterocycles. The van der Waals surface area contributed by atoms with Crippen molar-refractivity contribution in [1.82, 2.24) is 10.3 Å². The summed E-state index contributed by atoms with van der Waals surface area (Å²) >= 11 is 5.58. The molecule has 2 unspecified atom stereocenters. The molecule has 2 nitrogen and oxygen atoms in total. The van der Waals surface area contributed by atoms with E-state index in [2.05, 4.69) is 51.4 Å². The van der Waals surface area contributed by atoms with Gasteiger partial charge in [-0.05, 0) is 18.6 Å². The number of rotatable bonds is 2. The highest BCUT2D eigenvalue weighted by Crippen LogP contribution is 2.38. The Bertz CT molecular complexity index is 573. The molecule has 0 spiro atoms. The lowest BCUT2D eigenvalue weighted by Crippen LogP contribution is -2.24. The Hall–Kier alpha value is -0.580. The fraction of sp³-hybridized carbons (Fsp3) is 0.357. The van der Waals surface area contributed by atoms with Crippen LogP contribution in [-0.4, -0.2) is 16.8 Å². The van der Waals surface area contributed by atoms with Crippen molar-refractivity contribution in [1.29, 1.82) is 0 Å². The Morgan fingerprint density at radius 1 is 1.44 bits per heavy atom. The van der Waals surface area contributed by atoms with E-state index in [0.717, 1.165) is 9.99 Å². The first-order valence-electron chi connectivity index (χ1n) is 6.20. The van der Waals surface area contributed by atoms with Crippen molar-refractivity contribution in [2.24, 2.45) is 0 Å². The summed E-state index contributed by atoms with van der Waals surface area (Å²) in [4.78, 5) is 4.55. The number of thioether (sulfide) groups is 1. The molecule has 2 aromatic rings. The van der Waals surface area contributed by atoms with E-state index in [0.29, 0.717) is 11.4 Å². The normalized spacial score (nSPS) is 23.7. The molecule has 1 aliphatic rings. The van der Waals surface area contributed by atoms with E-state index in [1.54, 1.807) is 0 Å². The summed E-state index contributed by atoms with van der Waals surface area (Å²) in [5.74, 6) is 1.19. The van der Waals surface area contributed by atoms with Crippen molar-refractivity contribution in [3.8, 4) is 0 Å². The SMILES string of the molecule is CCC1CSC(c2ccc(Br)c3cccnc23)N1. The average molecular weight is 323 g/mol. The number of pyridine rings is 1. The van der Waals surface area contributed by atoms with Gasteiger partial charge in [0.05, 0.1) is 10.9 Å². The highest BCUT2D eigenvalue weighted by atomic mass is 79.9. The third kappa shape index (κ3) is 2.17. The van der Waals surface area contributed by atoms with Gasteiger partial charge >= 0.3 is 0 Å². The van der Waals surface area contributed by atoms with Gasteiger partial charge in [-0.3, -0.25) is 10.3 Å². The summed E-state index contributed by atoms with van der Waals surface area (Å²) in [6.07, 6.45) is 3.06. The molecule has 2 atom stereocenters. The predicted octanol–water partition coefficient (Wildman–Crippen LogP) is 4.11. The van der Waals surface area contributed by atoms with Gasteiger partial charge in [0.2, 0.25) is 0 Å². The number of benzene rings is 1. The lowest BCUT2D eigenvalue weighted by molar-refractivity contribution is 0.562. The molecule has 3 rings (SSSR count). The average Bonchev–Trinajstić information content (AvgIpc) is 2.88. The second-order valence-electron chi connectivity index (χ2n) is 4.52. The van der Waals surface area contributed by atoms with Gasteiger partial charge in [0.1, 0.15) is 0 Å². The van der Waals surface area contributed by atoms with E-state index in [1.807, 2.05) is 24.0 Å². The van der Waals surface area contributed by atoms with Crippen molar-refractivity contribution < 1.29 is 0 Å². The number of nitrogens with zero attached hydrogens (tertiary/aromatic N) is 1. The van der Waals surface area contributed by atoms with Gasteiger partial charge in [-0.25, -0.2) is 0 Å². The van der Waals surface area contributed by atoms with Gasteiger partial charge < -0.3 is 0 Å². The molecule has 4 heteroatoms. The van der Waals surface area contributed by atoms with E-state index in [4.69, 9.17) is 0 Å². The largest absolute Gasteiger partial charge is 0.298 e. The minimum absolute atomic E-state index is 0.375. The van der Waals surface area contributed by atoms with Crippen LogP contribution in [-0.2, 0) is 0 Å². The fourth-order valence-electron chi connectivity index (χ4n) is 2.31. The molecule has 1 aromatic heterocycles. The van der Waals surface area contributed by atoms with Crippen LogP contribution < -0.4 is 5.32 Å². The Labute approximate surface area is 120 Å². The maximum atomic E-state index is 4.55. The van der Waals surface area contributed by atoms with Crippen LogP contribution in [0.1, 0.15) is 24.3 Å². The number of fused-ring (bicyclic) bond motifs is 1. The van der Waals surface area contributed by atoms with Gasteiger partial charge in [0.15, 0.2) is 0 Å². The molecular weight excluding hydrogens is 308 g/mol. The molecule has 18 heavy (non-hydrogen) atoms. The van der Waals surface area contributed by atoms with Gasteiger partial charge in [-0.15, -0.1) is 11.8 Å². The number of aromatic nitrogens is 1. The second-order valence-corrected chi connectivity index (χ2v) is 6.51. The zero-order valence-corrected chi connectivity index (χ0v) is 12.6. The van der Waals surface area contributed by atoms with Crippen molar-refractivity contribution >= 4 is 38.6 Å². The van der Waals surface area contributed by atoms with Crippen LogP contribution in [0.2, 0.25) is 0 Å². The van der Waals surface area contributed by atoms with Gasteiger partial charge in [-0.2, -0.15) is 0 Å². The first kappa shape index (κ1) is 12.5. The molecule has 0 saturated carbocycles. The van der Waals surface area contributed by atoms with Crippen LogP contribution in [0.15, 0.2) is 34.9 Å². The summed E-state index contributed by atoms with van der Waals surface area (Å²) < 4.78 is 1.12. The van der Waals surface area contributed by atoms with Crippen LogP contribution >= 0.6 is 27.7 Å². The molecule has 0 aliphatic carbocycles. The maximum absolute atomic E-state index is 4.55. The highest BCUT2D eigenvalue weighted by Gasteiger charge is 2.26. The van der Waals surface area contributed by atoms with Crippen molar-refractivity contribution in [3.63, 3.8) is 0 Å².